The fraction of sp³-hybridized carbons (Fsp3) is 0.300. The maximum Gasteiger partial charge on any atom is 0.271 e. The quantitative estimate of drug-likeness (QED) is 0.555. The molecule has 0 N–H and O–H groups in total. The molecule has 0 unspecified atom stereocenters. The summed E-state index contributed by atoms with van der Waals surface area (Å²) in [5, 5.41) is 10.7. The molecule has 1 aliphatic rings. The Morgan fingerprint density at radius 3 is 2.94 bits per heavy atom. The van der Waals surface area contributed by atoms with E-state index < -0.39 is 4.92 Å². The van der Waals surface area contributed by atoms with E-state index in [9.17, 15) is 14.9 Å². The molecular weight excluding hydrogens is 228 g/mol. The van der Waals surface area contributed by atoms with Crippen molar-refractivity contribution in [3.63, 3.8) is 0 Å². The summed E-state index contributed by atoms with van der Waals surface area (Å²) in [7, 11) is 0. The molecule has 1 aliphatic heterocycles. The largest absolute Gasteiger partial charge is 0.310 e. The van der Waals surface area contributed by atoms with Crippen molar-refractivity contribution < 1.29 is 9.72 Å². The molecule has 0 saturated heterocycles. The predicted octanol–water partition coefficient (Wildman–Crippen LogP) is 2.05. The van der Waals surface area contributed by atoms with Crippen LogP contribution in [0.25, 0.3) is 0 Å². The van der Waals surface area contributed by atoms with Crippen LogP contribution in [0.2, 0.25) is 0 Å². The fourth-order valence-electron chi connectivity index (χ4n) is 1.65. The Morgan fingerprint density at radius 2 is 2.31 bits per heavy atom. The number of nitrogens with zero attached hydrogens (tertiary/aromatic N) is 2. The maximum atomic E-state index is 11.4. The first-order valence-corrected chi connectivity index (χ1v) is 5.77. The van der Waals surface area contributed by atoms with Crippen molar-refractivity contribution in [2.75, 3.05) is 17.2 Å². The number of hydrogen-bond acceptors (Lipinski definition) is 4. The third-order valence-electron chi connectivity index (χ3n) is 2.40. The van der Waals surface area contributed by atoms with Crippen LogP contribution in [0.5, 0.6) is 0 Å². The lowest BCUT2D eigenvalue weighted by Crippen LogP contribution is -2.33. The molecule has 6 heteroatoms. The zero-order valence-corrected chi connectivity index (χ0v) is 9.49. The Balaban J connectivity index is 2.48. The molecule has 1 amide bonds. The van der Waals surface area contributed by atoms with Gasteiger partial charge in [-0.1, -0.05) is 0 Å². The Labute approximate surface area is 96.6 Å². The van der Waals surface area contributed by atoms with Crippen molar-refractivity contribution in [2.45, 2.75) is 11.8 Å². The highest BCUT2D eigenvalue weighted by molar-refractivity contribution is 7.99. The zero-order valence-electron chi connectivity index (χ0n) is 8.67. The second-order valence-electron chi connectivity index (χ2n) is 3.43. The minimum absolute atomic E-state index is 0.0208. The summed E-state index contributed by atoms with van der Waals surface area (Å²) < 4.78 is 0. The summed E-state index contributed by atoms with van der Waals surface area (Å²) >= 11 is 1.61. The van der Waals surface area contributed by atoms with Crippen LogP contribution in [0.1, 0.15) is 6.92 Å². The average Bonchev–Trinajstić information content (AvgIpc) is 2.27. The average molecular weight is 238 g/mol. The zero-order chi connectivity index (χ0) is 11.7. The second kappa shape index (κ2) is 4.13. The highest BCUT2D eigenvalue weighted by Gasteiger charge is 2.22. The van der Waals surface area contributed by atoms with Gasteiger partial charge < -0.3 is 4.90 Å². The van der Waals surface area contributed by atoms with Gasteiger partial charge in [0.05, 0.1) is 10.6 Å². The van der Waals surface area contributed by atoms with Crippen LogP contribution in [0.4, 0.5) is 11.4 Å². The Hall–Kier alpha value is -1.56. The number of hydrogen-bond donors (Lipinski definition) is 0. The third kappa shape index (κ3) is 1.88. The monoisotopic (exact) mass is 238 g/mol. The second-order valence-corrected chi connectivity index (χ2v) is 4.57. The van der Waals surface area contributed by atoms with Crippen LogP contribution in [0.15, 0.2) is 23.1 Å². The highest BCUT2D eigenvalue weighted by atomic mass is 32.2. The third-order valence-corrected chi connectivity index (χ3v) is 3.44. The van der Waals surface area contributed by atoms with Gasteiger partial charge in [0.15, 0.2) is 0 Å². The topological polar surface area (TPSA) is 63.5 Å². The number of non-ortho nitro benzene ring substituents is 1. The number of benzene rings is 1. The van der Waals surface area contributed by atoms with Gasteiger partial charge >= 0.3 is 0 Å². The number of fused-ring (bicyclic) bond motifs is 1. The molecule has 16 heavy (non-hydrogen) atoms. The molecule has 0 saturated carbocycles. The molecule has 0 fully saturated rings. The first-order chi connectivity index (χ1) is 7.59. The molecule has 0 bridgehead atoms. The van der Waals surface area contributed by atoms with Gasteiger partial charge in [-0.3, -0.25) is 14.9 Å². The molecule has 0 aliphatic carbocycles. The summed E-state index contributed by atoms with van der Waals surface area (Å²) in [6.07, 6.45) is 0. The van der Waals surface area contributed by atoms with Crippen molar-refractivity contribution in [2.24, 2.45) is 0 Å². The lowest BCUT2D eigenvalue weighted by atomic mass is 10.2. The number of carbonyl (C=O) groups is 1. The maximum absolute atomic E-state index is 11.4. The van der Waals surface area contributed by atoms with Crippen LogP contribution < -0.4 is 4.90 Å². The molecule has 84 valence electrons. The van der Waals surface area contributed by atoms with E-state index in [0.717, 1.165) is 10.6 Å². The van der Waals surface area contributed by atoms with Gasteiger partial charge in [0.1, 0.15) is 0 Å². The minimum Gasteiger partial charge on any atom is -0.310 e. The van der Waals surface area contributed by atoms with Gasteiger partial charge in [-0.05, 0) is 6.07 Å². The van der Waals surface area contributed by atoms with Crippen LogP contribution in [0, 0.1) is 10.1 Å². The lowest BCUT2D eigenvalue weighted by molar-refractivity contribution is -0.384. The van der Waals surface area contributed by atoms with Gasteiger partial charge in [-0.15, -0.1) is 11.8 Å². The Kier molecular flexibility index (Phi) is 2.82. The Morgan fingerprint density at radius 1 is 1.56 bits per heavy atom. The van der Waals surface area contributed by atoms with Gasteiger partial charge in [0.2, 0.25) is 5.91 Å². The SMILES string of the molecule is CC(=O)N1CCSc2ccc([N+](=O)[O-])cc21. The van der Waals surface area contributed by atoms with E-state index >= 15 is 0 Å². The minimum atomic E-state index is -0.447. The summed E-state index contributed by atoms with van der Waals surface area (Å²) in [5.74, 6) is 0.742. The van der Waals surface area contributed by atoms with Gasteiger partial charge in [0, 0.05) is 36.2 Å². The van der Waals surface area contributed by atoms with Crippen LogP contribution in [-0.2, 0) is 4.79 Å². The van der Waals surface area contributed by atoms with Crippen molar-refractivity contribution >= 4 is 29.0 Å². The number of nitro groups is 1. The van der Waals surface area contributed by atoms with Gasteiger partial charge in [-0.2, -0.15) is 0 Å². The first-order valence-electron chi connectivity index (χ1n) is 4.79. The number of anilines is 1. The molecule has 0 radical (unpaired) electrons. The number of rotatable bonds is 1. The molecule has 0 atom stereocenters. The molecule has 1 aromatic rings. The van der Waals surface area contributed by atoms with Crippen LogP contribution in [-0.4, -0.2) is 23.1 Å². The van der Waals surface area contributed by atoms with Crippen LogP contribution in [0.3, 0.4) is 0 Å². The number of carbonyl (C=O) groups excluding carboxylic acids is 1. The predicted molar refractivity (Wildman–Crippen MR) is 61.8 cm³/mol. The van der Waals surface area contributed by atoms with E-state index in [1.165, 1.54) is 19.1 Å². The molecule has 0 spiro atoms. The van der Waals surface area contributed by atoms with E-state index in [1.807, 2.05) is 0 Å². The molecule has 1 aromatic carbocycles. The van der Waals surface area contributed by atoms with E-state index in [0.29, 0.717) is 12.2 Å². The molecule has 1 heterocycles. The van der Waals surface area contributed by atoms with Crippen molar-refractivity contribution in [3.8, 4) is 0 Å². The van der Waals surface area contributed by atoms with Gasteiger partial charge in [0.25, 0.3) is 5.69 Å². The number of amides is 1. The number of nitro benzene ring substituents is 1. The fourth-order valence-corrected chi connectivity index (χ4v) is 2.62. The van der Waals surface area contributed by atoms with E-state index in [4.69, 9.17) is 0 Å². The normalized spacial score (nSPS) is 14.4. The van der Waals surface area contributed by atoms with Crippen molar-refractivity contribution in [1.82, 2.24) is 0 Å². The molecule has 0 aromatic heterocycles. The van der Waals surface area contributed by atoms with E-state index in [2.05, 4.69) is 0 Å². The van der Waals surface area contributed by atoms with Crippen LogP contribution >= 0.6 is 11.8 Å². The highest BCUT2D eigenvalue weighted by Crippen LogP contribution is 2.37. The van der Waals surface area contributed by atoms with Gasteiger partial charge in [-0.25, -0.2) is 0 Å². The summed E-state index contributed by atoms with van der Waals surface area (Å²) in [6, 6.07) is 4.63. The van der Waals surface area contributed by atoms with E-state index in [1.54, 1.807) is 22.7 Å². The molecular formula is C10H10N2O3S. The standard InChI is InChI=1S/C10H10N2O3S/c1-7(13)11-4-5-16-10-3-2-8(12(14)15)6-9(10)11/h2-3,6H,4-5H2,1H3. The lowest BCUT2D eigenvalue weighted by Gasteiger charge is -2.27. The smallest absolute Gasteiger partial charge is 0.271 e. The Bertz CT molecular complexity index is 461. The number of thioether (sulfide) groups is 1. The van der Waals surface area contributed by atoms with Crippen molar-refractivity contribution in [1.29, 1.82) is 0 Å². The summed E-state index contributed by atoms with van der Waals surface area (Å²) in [6.45, 7) is 2.08. The summed E-state index contributed by atoms with van der Waals surface area (Å²) in [4.78, 5) is 24.1. The molecule has 5 nitrogen and oxygen atoms in total. The molecule has 2 rings (SSSR count). The first kappa shape index (κ1) is 10.9. The van der Waals surface area contributed by atoms with E-state index in [-0.39, 0.29) is 11.6 Å². The summed E-state index contributed by atoms with van der Waals surface area (Å²) in [5.41, 5.74) is 0.672. The van der Waals surface area contributed by atoms with Crippen molar-refractivity contribution in [3.05, 3.63) is 28.3 Å².